The van der Waals surface area contributed by atoms with E-state index in [0.717, 1.165) is 22.4 Å². The third-order valence-electron chi connectivity index (χ3n) is 5.58. The number of carbonyl (C=O) groups excluding carboxylic acids is 1. The molecular weight excluding hydrogens is 446 g/mol. The van der Waals surface area contributed by atoms with Crippen LogP contribution in [0.1, 0.15) is 28.4 Å². The maximum atomic E-state index is 13.6. The molecule has 2 N–H and O–H groups in total. The molecule has 7 heteroatoms. The standard InChI is InChI=1S/C27H27N3O3S/c1-18-13-14-19(2)23(17-18)28-25(32)24(20-9-4-3-5-10-20)34-27-29-22-12-7-6-11-21(22)26(33)30(27)15-8-16-31/h3-7,9-14,17,24,31H,8,15-16H2,1-2H3,(H,28,32). The van der Waals surface area contributed by atoms with Gasteiger partial charge in [0.1, 0.15) is 5.25 Å². The van der Waals surface area contributed by atoms with Crippen molar-refractivity contribution in [3.8, 4) is 0 Å². The predicted octanol–water partition coefficient (Wildman–Crippen LogP) is 4.87. The number of anilines is 1. The van der Waals surface area contributed by atoms with E-state index in [-0.39, 0.29) is 18.1 Å². The lowest BCUT2D eigenvalue weighted by Gasteiger charge is -2.20. The van der Waals surface area contributed by atoms with Crippen molar-refractivity contribution >= 4 is 34.3 Å². The Bertz CT molecular complexity index is 1370. The number of nitrogens with zero attached hydrogens (tertiary/aromatic N) is 2. The Morgan fingerprint density at radius 2 is 1.79 bits per heavy atom. The highest BCUT2D eigenvalue weighted by atomic mass is 32.2. The average Bonchev–Trinajstić information content (AvgIpc) is 2.85. The Labute approximate surface area is 202 Å². The van der Waals surface area contributed by atoms with Crippen LogP contribution in [0.3, 0.4) is 0 Å². The maximum Gasteiger partial charge on any atom is 0.262 e. The molecule has 0 aliphatic heterocycles. The first-order valence-electron chi connectivity index (χ1n) is 11.2. The molecule has 1 aromatic heterocycles. The van der Waals surface area contributed by atoms with Crippen molar-refractivity contribution < 1.29 is 9.90 Å². The number of aliphatic hydroxyl groups is 1. The van der Waals surface area contributed by atoms with Crippen molar-refractivity contribution in [3.63, 3.8) is 0 Å². The summed E-state index contributed by atoms with van der Waals surface area (Å²) in [6.45, 7) is 4.21. The second-order valence-corrected chi connectivity index (χ2v) is 9.23. The van der Waals surface area contributed by atoms with Gasteiger partial charge in [-0.05, 0) is 55.2 Å². The van der Waals surface area contributed by atoms with Gasteiger partial charge in [0.15, 0.2) is 5.16 Å². The molecule has 1 atom stereocenters. The van der Waals surface area contributed by atoms with E-state index in [4.69, 9.17) is 4.98 Å². The number of fused-ring (bicyclic) bond motifs is 1. The second kappa shape index (κ2) is 10.7. The van der Waals surface area contributed by atoms with Gasteiger partial charge >= 0.3 is 0 Å². The van der Waals surface area contributed by atoms with Gasteiger partial charge in [0, 0.05) is 18.8 Å². The molecule has 4 rings (SSSR count). The Kier molecular flexibility index (Phi) is 7.45. The summed E-state index contributed by atoms with van der Waals surface area (Å²) in [5.41, 5.74) is 4.00. The number of hydrogen-bond acceptors (Lipinski definition) is 5. The van der Waals surface area contributed by atoms with Crippen molar-refractivity contribution in [2.24, 2.45) is 0 Å². The summed E-state index contributed by atoms with van der Waals surface area (Å²) in [6, 6.07) is 22.6. The van der Waals surface area contributed by atoms with E-state index < -0.39 is 5.25 Å². The summed E-state index contributed by atoms with van der Waals surface area (Å²) >= 11 is 1.24. The van der Waals surface area contributed by atoms with Gasteiger partial charge in [-0.3, -0.25) is 14.2 Å². The fourth-order valence-corrected chi connectivity index (χ4v) is 4.86. The first-order chi connectivity index (χ1) is 16.5. The van der Waals surface area contributed by atoms with Crippen molar-refractivity contribution in [3.05, 3.63) is 99.8 Å². The summed E-state index contributed by atoms with van der Waals surface area (Å²) in [6.07, 6.45) is 0.415. The maximum absolute atomic E-state index is 13.6. The monoisotopic (exact) mass is 473 g/mol. The number of benzene rings is 3. The van der Waals surface area contributed by atoms with Crippen LogP contribution >= 0.6 is 11.8 Å². The van der Waals surface area contributed by atoms with Crippen molar-refractivity contribution in [2.45, 2.75) is 37.2 Å². The Morgan fingerprint density at radius 3 is 2.56 bits per heavy atom. The number of nitrogens with one attached hydrogen (secondary N) is 1. The van der Waals surface area contributed by atoms with E-state index in [1.165, 1.54) is 11.8 Å². The van der Waals surface area contributed by atoms with E-state index in [1.807, 2.05) is 68.4 Å². The predicted molar refractivity (Wildman–Crippen MR) is 137 cm³/mol. The summed E-state index contributed by atoms with van der Waals surface area (Å²) in [5.74, 6) is -0.194. The van der Waals surface area contributed by atoms with Gasteiger partial charge in [-0.1, -0.05) is 66.4 Å². The molecule has 0 bridgehead atoms. The van der Waals surface area contributed by atoms with Crippen molar-refractivity contribution in [2.75, 3.05) is 11.9 Å². The molecule has 0 aliphatic rings. The van der Waals surface area contributed by atoms with Crippen molar-refractivity contribution in [1.29, 1.82) is 0 Å². The zero-order valence-corrected chi connectivity index (χ0v) is 20.0. The number of thioether (sulfide) groups is 1. The molecule has 1 unspecified atom stereocenters. The molecule has 6 nitrogen and oxygen atoms in total. The summed E-state index contributed by atoms with van der Waals surface area (Å²) in [7, 11) is 0. The molecule has 0 aliphatic carbocycles. The van der Waals surface area contributed by atoms with Gasteiger partial charge in [-0.25, -0.2) is 4.98 Å². The molecular formula is C27H27N3O3S. The normalized spacial score (nSPS) is 12.0. The van der Waals surface area contributed by atoms with Gasteiger partial charge in [-0.2, -0.15) is 0 Å². The Hall–Kier alpha value is -3.42. The van der Waals surface area contributed by atoms with Crippen LogP contribution in [0, 0.1) is 13.8 Å². The van der Waals surface area contributed by atoms with Gasteiger partial charge in [0.25, 0.3) is 5.56 Å². The third-order valence-corrected chi connectivity index (χ3v) is 6.83. The van der Waals surface area contributed by atoms with E-state index in [9.17, 15) is 14.7 Å². The van der Waals surface area contributed by atoms with Crippen LogP contribution in [0.2, 0.25) is 0 Å². The van der Waals surface area contributed by atoms with Crippen LogP contribution in [0.15, 0.2) is 82.7 Å². The number of carbonyl (C=O) groups is 1. The fourth-order valence-electron chi connectivity index (χ4n) is 3.74. The molecule has 174 valence electrons. The minimum absolute atomic E-state index is 0.0430. The van der Waals surface area contributed by atoms with Gasteiger partial charge < -0.3 is 10.4 Å². The molecule has 1 heterocycles. The number of aromatic nitrogens is 2. The first kappa shape index (κ1) is 23.7. The molecule has 4 aromatic rings. The molecule has 34 heavy (non-hydrogen) atoms. The number of aryl methyl sites for hydroxylation is 2. The van der Waals surface area contributed by atoms with Crippen LogP contribution in [-0.2, 0) is 11.3 Å². The molecule has 0 spiro atoms. The summed E-state index contributed by atoms with van der Waals surface area (Å²) in [4.78, 5) is 31.6. The second-order valence-electron chi connectivity index (χ2n) is 8.16. The molecule has 0 saturated carbocycles. The highest BCUT2D eigenvalue weighted by Crippen LogP contribution is 2.36. The van der Waals surface area contributed by atoms with Crippen molar-refractivity contribution in [1.82, 2.24) is 9.55 Å². The van der Waals surface area contributed by atoms with Gasteiger partial charge in [-0.15, -0.1) is 0 Å². The lowest BCUT2D eigenvalue weighted by atomic mass is 10.1. The number of hydrogen-bond donors (Lipinski definition) is 2. The molecule has 0 saturated heterocycles. The van der Waals surface area contributed by atoms with E-state index >= 15 is 0 Å². The van der Waals surface area contributed by atoms with E-state index in [2.05, 4.69) is 5.32 Å². The fraction of sp³-hybridized carbons (Fsp3) is 0.222. The molecule has 0 radical (unpaired) electrons. The number of aliphatic hydroxyl groups excluding tert-OH is 1. The average molecular weight is 474 g/mol. The van der Waals surface area contributed by atoms with Crippen LogP contribution in [0.4, 0.5) is 5.69 Å². The number of amides is 1. The zero-order valence-electron chi connectivity index (χ0n) is 19.2. The van der Waals surface area contributed by atoms with Gasteiger partial charge in [0.05, 0.1) is 10.9 Å². The van der Waals surface area contributed by atoms with Gasteiger partial charge in [0.2, 0.25) is 5.91 Å². The summed E-state index contributed by atoms with van der Waals surface area (Å²) in [5, 5.41) is 12.8. The minimum atomic E-state index is -0.630. The first-order valence-corrected chi connectivity index (χ1v) is 12.1. The van der Waals surface area contributed by atoms with Crippen LogP contribution in [-0.4, -0.2) is 27.2 Å². The molecule has 1 amide bonds. The quantitative estimate of drug-likeness (QED) is 0.282. The van der Waals surface area contributed by atoms with E-state index in [1.54, 1.807) is 22.8 Å². The Morgan fingerprint density at radius 1 is 1.06 bits per heavy atom. The topological polar surface area (TPSA) is 84.2 Å². The van der Waals surface area contributed by atoms with Crippen LogP contribution < -0.4 is 10.9 Å². The number of rotatable bonds is 8. The zero-order chi connectivity index (χ0) is 24.1. The summed E-state index contributed by atoms with van der Waals surface area (Å²) < 4.78 is 1.56. The highest BCUT2D eigenvalue weighted by Gasteiger charge is 2.25. The Balaban J connectivity index is 1.77. The SMILES string of the molecule is Cc1ccc(C)c(NC(=O)C(Sc2nc3ccccc3c(=O)n2CCCO)c2ccccc2)c1. The molecule has 0 fully saturated rings. The van der Waals surface area contributed by atoms with Crippen LogP contribution in [0.5, 0.6) is 0 Å². The van der Waals surface area contributed by atoms with E-state index in [0.29, 0.717) is 29.0 Å². The van der Waals surface area contributed by atoms with Crippen LogP contribution in [0.25, 0.3) is 10.9 Å². The smallest absolute Gasteiger partial charge is 0.262 e. The number of para-hydroxylation sites is 1. The molecule has 3 aromatic carbocycles. The highest BCUT2D eigenvalue weighted by molar-refractivity contribution is 8.00. The largest absolute Gasteiger partial charge is 0.396 e. The third kappa shape index (κ3) is 5.21. The lowest BCUT2D eigenvalue weighted by Crippen LogP contribution is -2.26. The lowest BCUT2D eigenvalue weighted by molar-refractivity contribution is -0.115. The minimum Gasteiger partial charge on any atom is -0.396 e.